The summed E-state index contributed by atoms with van der Waals surface area (Å²) in [4.78, 5) is 23.2. The number of carbonyl (C=O) groups excluding carboxylic acids is 1. The van der Waals surface area contributed by atoms with Gasteiger partial charge in [-0.3, -0.25) is 4.79 Å². The number of amides is 1. The fraction of sp³-hybridized carbons (Fsp3) is 0.188. The van der Waals surface area contributed by atoms with Gasteiger partial charge in [0, 0.05) is 17.6 Å². The van der Waals surface area contributed by atoms with Crippen molar-refractivity contribution in [3.8, 4) is 5.88 Å². The Morgan fingerprint density at radius 3 is 2.79 bits per heavy atom. The van der Waals surface area contributed by atoms with Crippen molar-refractivity contribution in [2.24, 2.45) is 0 Å². The molecule has 0 unspecified atom stereocenters. The summed E-state index contributed by atoms with van der Waals surface area (Å²) in [5.41, 5.74) is 1.27. The number of halogens is 2. The number of nitrogens with one attached hydrogen (secondary N) is 2. The number of aromatic nitrogens is 3. The fourth-order valence-corrected chi connectivity index (χ4v) is 2.26. The van der Waals surface area contributed by atoms with Crippen LogP contribution in [-0.4, -0.2) is 27.5 Å². The molecule has 124 valence electrons. The van der Waals surface area contributed by atoms with E-state index in [9.17, 15) is 13.6 Å². The van der Waals surface area contributed by atoms with Crippen LogP contribution in [0.25, 0.3) is 10.9 Å². The van der Waals surface area contributed by atoms with Crippen LogP contribution in [0.15, 0.2) is 24.5 Å². The maximum Gasteiger partial charge on any atom is 0.275 e. The second-order valence-electron chi connectivity index (χ2n) is 5.05. The Kier molecular flexibility index (Phi) is 4.11. The minimum atomic E-state index is -0.991. The smallest absolute Gasteiger partial charge is 0.275 e. The standard InChI is InChI=1S/C16H14F2N4O2/c1-3-24-16-8(2)21-14(7-20-16)15(23)22-13-6-19-12-5-11(18)10(17)4-9(12)13/h4-7,19H,3H2,1-2H3,(H,22,23). The highest BCUT2D eigenvalue weighted by Gasteiger charge is 2.15. The van der Waals surface area contributed by atoms with Gasteiger partial charge in [0.2, 0.25) is 5.88 Å². The first kappa shape index (κ1) is 15.9. The predicted octanol–water partition coefficient (Wildman–Crippen LogP) is 3.20. The maximum atomic E-state index is 13.4. The zero-order chi connectivity index (χ0) is 17.3. The van der Waals surface area contributed by atoms with Gasteiger partial charge in [-0.15, -0.1) is 0 Å². The number of hydrogen-bond donors (Lipinski definition) is 2. The van der Waals surface area contributed by atoms with E-state index in [0.717, 1.165) is 12.1 Å². The van der Waals surface area contributed by atoms with Gasteiger partial charge >= 0.3 is 0 Å². The summed E-state index contributed by atoms with van der Waals surface area (Å²) < 4.78 is 31.9. The number of carbonyl (C=O) groups is 1. The number of fused-ring (bicyclic) bond motifs is 1. The van der Waals surface area contributed by atoms with Gasteiger partial charge in [-0.2, -0.15) is 0 Å². The number of H-pyrrole nitrogens is 1. The molecule has 0 saturated carbocycles. The zero-order valence-corrected chi connectivity index (χ0v) is 13.0. The lowest BCUT2D eigenvalue weighted by atomic mass is 10.2. The third kappa shape index (κ3) is 2.90. The summed E-state index contributed by atoms with van der Waals surface area (Å²) in [7, 11) is 0. The molecule has 6 nitrogen and oxygen atoms in total. The largest absolute Gasteiger partial charge is 0.477 e. The van der Waals surface area contributed by atoms with Gasteiger partial charge in [-0.1, -0.05) is 0 Å². The molecular formula is C16H14F2N4O2. The number of anilines is 1. The van der Waals surface area contributed by atoms with Crippen LogP contribution in [0.4, 0.5) is 14.5 Å². The quantitative estimate of drug-likeness (QED) is 0.769. The Bertz CT molecular complexity index is 924. The number of aryl methyl sites for hydroxylation is 1. The second-order valence-corrected chi connectivity index (χ2v) is 5.05. The van der Waals surface area contributed by atoms with Crippen molar-refractivity contribution in [2.45, 2.75) is 13.8 Å². The molecule has 2 heterocycles. The molecule has 0 saturated heterocycles. The van der Waals surface area contributed by atoms with Crippen LogP contribution in [0, 0.1) is 18.6 Å². The monoisotopic (exact) mass is 332 g/mol. The van der Waals surface area contributed by atoms with Crippen LogP contribution < -0.4 is 10.1 Å². The van der Waals surface area contributed by atoms with Crippen molar-refractivity contribution in [3.63, 3.8) is 0 Å². The van der Waals surface area contributed by atoms with E-state index < -0.39 is 17.5 Å². The van der Waals surface area contributed by atoms with Crippen LogP contribution in [0.1, 0.15) is 23.1 Å². The summed E-state index contributed by atoms with van der Waals surface area (Å²) in [6.07, 6.45) is 2.75. The lowest BCUT2D eigenvalue weighted by Crippen LogP contribution is -2.15. The summed E-state index contributed by atoms with van der Waals surface area (Å²) >= 11 is 0. The number of rotatable bonds is 4. The Balaban J connectivity index is 1.87. The topological polar surface area (TPSA) is 79.9 Å². The number of ether oxygens (including phenoxy) is 1. The third-order valence-electron chi connectivity index (χ3n) is 3.39. The molecule has 0 bridgehead atoms. The van der Waals surface area contributed by atoms with E-state index in [2.05, 4.69) is 20.3 Å². The first-order valence-corrected chi connectivity index (χ1v) is 7.23. The summed E-state index contributed by atoms with van der Waals surface area (Å²) in [6, 6.07) is 2.05. The van der Waals surface area contributed by atoms with Gasteiger partial charge in [0.05, 0.1) is 24.0 Å². The molecule has 3 rings (SSSR count). The molecule has 0 spiro atoms. The van der Waals surface area contributed by atoms with Crippen LogP contribution in [0.3, 0.4) is 0 Å². The lowest BCUT2D eigenvalue weighted by molar-refractivity contribution is 0.102. The molecule has 0 aliphatic carbocycles. The summed E-state index contributed by atoms with van der Waals surface area (Å²) in [6.45, 7) is 3.94. The fourth-order valence-electron chi connectivity index (χ4n) is 2.26. The van der Waals surface area contributed by atoms with Gasteiger partial charge in [-0.25, -0.2) is 18.7 Å². The number of nitrogens with zero attached hydrogens (tertiary/aromatic N) is 2. The summed E-state index contributed by atoms with van der Waals surface area (Å²) in [5, 5.41) is 2.96. The molecule has 8 heteroatoms. The van der Waals surface area contributed by atoms with Gasteiger partial charge in [0.25, 0.3) is 5.91 Å². The van der Waals surface area contributed by atoms with E-state index in [-0.39, 0.29) is 5.69 Å². The minimum absolute atomic E-state index is 0.0906. The molecule has 0 aliphatic heterocycles. The van der Waals surface area contributed by atoms with Crippen molar-refractivity contribution >= 4 is 22.5 Å². The normalized spacial score (nSPS) is 10.8. The SMILES string of the molecule is CCOc1ncc(C(=O)Nc2c[nH]c3cc(F)c(F)cc23)nc1C. The van der Waals surface area contributed by atoms with Gasteiger partial charge in [0.1, 0.15) is 11.4 Å². The van der Waals surface area contributed by atoms with E-state index >= 15 is 0 Å². The summed E-state index contributed by atoms with van der Waals surface area (Å²) in [5.74, 6) is -2.11. The third-order valence-corrected chi connectivity index (χ3v) is 3.39. The number of aromatic amines is 1. The average Bonchev–Trinajstić information content (AvgIpc) is 2.92. The average molecular weight is 332 g/mol. The highest BCUT2D eigenvalue weighted by molar-refractivity contribution is 6.08. The van der Waals surface area contributed by atoms with Crippen molar-refractivity contribution in [3.05, 3.63) is 47.5 Å². The molecule has 24 heavy (non-hydrogen) atoms. The highest BCUT2D eigenvalue weighted by Crippen LogP contribution is 2.26. The van der Waals surface area contributed by atoms with Gasteiger partial charge in [0.15, 0.2) is 11.6 Å². The molecule has 0 fully saturated rings. The molecule has 1 amide bonds. The van der Waals surface area contributed by atoms with Crippen LogP contribution in [0.5, 0.6) is 5.88 Å². The lowest BCUT2D eigenvalue weighted by Gasteiger charge is -2.07. The van der Waals surface area contributed by atoms with Crippen molar-refractivity contribution in [1.29, 1.82) is 0 Å². The first-order chi connectivity index (χ1) is 11.5. The molecule has 2 aromatic heterocycles. The molecule has 3 aromatic rings. The molecular weight excluding hydrogens is 318 g/mol. The predicted molar refractivity (Wildman–Crippen MR) is 84.1 cm³/mol. The van der Waals surface area contributed by atoms with E-state index in [1.807, 2.05) is 6.92 Å². The van der Waals surface area contributed by atoms with E-state index in [1.54, 1.807) is 6.92 Å². The van der Waals surface area contributed by atoms with Crippen LogP contribution in [-0.2, 0) is 0 Å². The van der Waals surface area contributed by atoms with E-state index in [0.29, 0.717) is 34.8 Å². The second kappa shape index (κ2) is 6.23. The van der Waals surface area contributed by atoms with E-state index in [4.69, 9.17) is 4.74 Å². The molecule has 0 atom stereocenters. The zero-order valence-electron chi connectivity index (χ0n) is 13.0. The molecule has 0 aliphatic rings. The first-order valence-electron chi connectivity index (χ1n) is 7.23. The molecule has 1 aromatic carbocycles. The Morgan fingerprint density at radius 2 is 2.08 bits per heavy atom. The van der Waals surface area contributed by atoms with Gasteiger partial charge in [-0.05, 0) is 19.9 Å². The van der Waals surface area contributed by atoms with E-state index in [1.165, 1.54) is 12.4 Å². The van der Waals surface area contributed by atoms with Crippen molar-refractivity contribution < 1.29 is 18.3 Å². The Morgan fingerprint density at radius 1 is 1.33 bits per heavy atom. The van der Waals surface area contributed by atoms with Crippen molar-refractivity contribution in [2.75, 3.05) is 11.9 Å². The number of hydrogen-bond acceptors (Lipinski definition) is 4. The van der Waals surface area contributed by atoms with Crippen LogP contribution >= 0.6 is 0 Å². The minimum Gasteiger partial charge on any atom is -0.477 e. The Labute approximate surface area is 135 Å². The molecule has 0 radical (unpaired) electrons. The van der Waals surface area contributed by atoms with Gasteiger partial charge < -0.3 is 15.0 Å². The maximum absolute atomic E-state index is 13.4. The van der Waals surface area contributed by atoms with Crippen LogP contribution in [0.2, 0.25) is 0 Å². The molecule has 2 N–H and O–H groups in total. The Hall–Kier alpha value is -3.03. The highest BCUT2D eigenvalue weighted by atomic mass is 19.2. The van der Waals surface area contributed by atoms with Crippen molar-refractivity contribution in [1.82, 2.24) is 15.0 Å². The number of benzene rings is 1.